The number of carbonyl (C=O) groups excluding carboxylic acids is 1. The van der Waals surface area contributed by atoms with Crippen molar-refractivity contribution in [1.29, 1.82) is 0 Å². The summed E-state index contributed by atoms with van der Waals surface area (Å²) < 4.78 is 4.65. The van der Waals surface area contributed by atoms with Gasteiger partial charge in [0.1, 0.15) is 0 Å². The highest BCUT2D eigenvalue weighted by molar-refractivity contribution is 7.98. The molecule has 0 atom stereocenters. The zero-order valence-corrected chi connectivity index (χ0v) is 9.30. The molecule has 1 rings (SSSR count). The summed E-state index contributed by atoms with van der Waals surface area (Å²) in [4.78, 5) is 18.9. The minimum Gasteiger partial charge on any atom is -0.456 e. The van der Waals surface area contributed by atoms with Gasteiger partial charge in [0.25, 0.3) is 0 Å². The maximum atomic E-state index is 10.9. The van der Waals surface area contributed by atoms with Gasteiger partial charge in [0.2, 0.25) is 0 Å². The molecule has 0 radical (unpaired) electrons. The van der Waals surface area contributed by atoms with Crippen molar-refractivity contribution >= 4 is 17.7 Å². The molecule has 0 amide bonds. The van der Waals surface area contributed by atoms with Crippen LogP contribution in [0.15, 0.2) is 17.6 Å². The van der Waals surface area contributed by atoms with Gasteiger partial charge in [-0.3, -0.25) is 0 Å². The van der Waals surface area contributed by atoms with E-state index < -0.39 is 5.97 Å². The molecule has 78 valence electrons. The Kier molecular flexibility index (Phi) is 4.64. The third-order valence-electron chi connectivity index (χ3n) is 1.40. The predicted octanol–water partition coefficient (Wildman–Crippen LogP) is 1.11. The fourth-order valence-corrected chi connectivity index (χ4v) is 1.09. The lowest BCUT2D eigenvalue weighted by Gasteiger charge is -1.93. The molecule has 0 aliphatic carbocycles. The van der Waals surface area contributed by atoms with E-state index in [0.717, 1.165) is 0 Å². The Morgan fingerprint density at radius 1 is 1.53 bits per heavy atom. The highest BCUT2D eigenvalue weighted by atomic mass is 32.2. The average Bonchev–Trinajstić information content (AvgIpc) is 2.27. The summed E-state index contributed by atoms with van der Waals surface area (Å²) in [6.07, 6.45) is 5.04. The van der Waals surface area contributed by atoms with Gasteiger partial charge in [0, 0.05) is 18.3 Å². The van der Waals surface area contributed by atoms with Crippen molar-refractivity contribution in [2.45, 2.75) is 12.1 Å². The average molecular weight is 222 g/mol. The van der Waals surface area contributed by atoms with Crippen LogP contribution in [0.25, 0.3) is 0 Å². The first-order valence-corrected chi connectivity index (χ1v) is 5.53. The second kappa shape index (κ2) is 6.04. The van der Waals surface area contributed by atoms with E-state index in [0.29, 0.717) is 17.3 Å². The minimum absolute atomic E-state index is 0.329. The number of thioether (sulfide) groups is 1. The van der Waals surface area contributed by atoms with Crippen LogP contribution in [-0.2, 0) is 9.53 Å². The van der Waals surface area contributed by atoms with Crippen LogP contribution in [0, 0.1) is 11.8 Å². The van der Waals surface area contributed by atoms with E-state index in [2.05, 4.69) is 26.5 Å². The third-order valence-corrected chi connectivity index (χ3v) is 1.97. The molecule has 0 fully saturated rings. The van der Waals surface area contributed by atoms with Gasteiger partial charge in [-0.05, 0) is 13.2 Å². The van der Waals surface area contributed by atoms with Gasteiger partial charge in [0.05, 0.1) is 12.2 Å². The van der Waals surface area contributed by atoms with Gasteiger partial charge in [-0.25, -0.2) is 14.8 Å². The van der Waals surface area contributed by atoms with Crippen LogP contribution in [0.5, 0.6) is 0 Å². The summed E-state index contributed by atoms with van der Waals surface area (Å²) in [5.74, 6) is 4.43. The fraction of sp³-hybridized carbons (Fsp3) is 0.300. The Balaban J connectivity index is 2.68. The number of hydrogen-bond donors (Lipinski definition) is 0. The fourth-order valence-electron chi connectivity index (χ4n) is 0.777. The van der Waals surface area contributed by atoms with Gasteiger partial charge in [-0.15, -0.1) is 0 Å². The molecule has 0 aliphatic rings. The van der Waals surface area contributed by atoms with Crippen LogP contribution in [0.4, 0.5) is 0 Å². The lowest BCUT2D eigenvalue weighted by molar-refractivity contribution is -0.136. The second-order valence-electron chi connectivity index (χ2n) is 2.43. The van der Waals surface area contributed by atoms with Crippen LogP contribution in [-0.4, -0.2) is 28.8 Å². The Morgan fingerprint density at radius 3 is 2.73 bits per heavy atom. The molecule has 0 spiro atoms. The summed E-state index contributed by atoms with van der Waals surface area (Å²) in [6, 6.07) is 0. The summed E-state index contributed by atoms with van der Waals surface area (Å²) >= 11 is 1.45. The lowest BCUT2D eigenvalue weighted by Crippen LogP contribution is -1.99. The largest absolute Gasteiger partial charge is 0.456 e. The van der Waals surface area contributed by atoms with Gasteiger partial charge in [-0.2, -0.15) is 0 Å². The van der Waals surface area contributed by atoms with Gasteiger partial charge in [-0.1, -0.05) is 17.7 Å². The summed E-state index contributed by atoms with van der Waals surface area (Å²) in [6.45, 7) is 2.06. The molecule has 0 saturated carbocycles. The first kappa shape index (κ1) is 11.5. The van der Waals surface area contributed by atoms with Crippen molar-refractivity contribution in [1.82, 2.24) is 9.97 Å². The van der Waals surface area contributed by atoms with Gasteiger partial charge in [0.15, 0.2) is 5.16 Å². The number of carbonyl (C=O) groups is 1. The van der Waals surface area contributed by atoms with Crippen LogP contribution >= 0.6 is 11.8 Å². The number of rotatable bonds is 2. The topological polar surface area (TPSA) is 52.1 Å². The molecule has 0 bridgehead atoms. The Labute approximate surface area is 92.5 Å². The molecule has 15 heavy (non-hydrogen) atoms. The summed E-state index contributed by atoms with van der Waals surface area (Å²) in [5, 5.41) is 0.677. The molecule has 5 heteroatoms. The van der Waals surface area contributed by atoms with E-state index in [4.69, 9.17) is 0 Å². The quantitative estimate of drug-likeness (QED) is 0.325. The molecule has 0 N–H and O–H groups in total. The lowest BCUT2D eigenvalue weighted by atomic mass is 10.3. The molecule has 1 aromatic rings. The first-order chi connectivity index (χ1) is 7.26. The molecule has 4 nitrogen and oxygen atoms in total. The molecule has 0 saturated heterocycles. The molecule has 1 heterocycles. The number of aromatic nitrogens is 2. The molecule has 1 aromatic heterocycles. The van der Waals surface area contributed by atoms with E-state index in [-0.39, 0.29) is 0 Å². The number of hydrogen-bond acceptors (Lipinski definition) is 5. The van der Waals surface area contributed by atoms with E-state index in [1.807, 2.05) is 6.26 Å². The SMILES string of the molecule is CCOC(=O)C#Cc1cnc(SC)nc1. The van der Waals surface area contributed by atoms with Crippen molar-refractivity contribution in [3.05, 3.63) is 18.0 Å². The van der Waals surface area contributed by atoms with Crippen LogP contribution in [0.3, 0.4) is 0 Å². The zero-order valence-electron chi connectivity index (χ0n) is 8.48. The Bertz CT molecular complexity index is 392. The zero-order chi connectivity index (χ0) is 11.1. The standard InChI is InChI=1S/C10H10N2O2S/c1-3-14-9(13)5-4-8-6-11-10(15-2)12-7-8/h6-7H,3H2,1-2H3. The summed E-state index contributed by atoms with van der Waals surface area (Å²) in [7, 11) is 0. The number of esters is 1. The second-order valence-corrected chi connectivity index (χ2v) is 3.20. The highest BCUT2D eigenvalue weighted by Crippen LogP contribution is 2.05. The van der Waals surface area contributed by atoms with Gasteiger partial charge >= 0.3 is 5.97 Å². The molecular formula is C10H10N2O2S. The normalized spacial score (nSPS) is 8.93. The van der Waals surface area contributed by atoms with Crippen LogP contribution < -0.4 is 0 Å². The third kappa shape index (κ3) is 4.00. The van der Waals surface area contributed by atoms with E-state index in [9.17, 15) is 4.79 Å². The first-order valence-electron chi connectivity index (χ1n) is 4.31. The Hall–Kier alpha value is -1.54. The minimum atomic E-state index is -0.536. The van der Waals surface area contributed by atoms with Crippen LogP contribution in [0.2, 0.25) is 0 Å². The predicted molar refractivity (Wildman–Crippen MR) is 57.3 cm³/mol. The van der Waals surface area contributed by atoms with Crippen LogP contribution in [0.1, 0.15) is 12.5 Å². The van der Waals surface area contributed by atoms with Crippen molar-refractivity contribution in [2.24, 2.45) is 0 Å². The monoisotopic (exact) mass is 222 g/mol. The molecule has 0 unspecified atom stereocenters. The molecule has 0 aliphatic heterocycles. The van der Waals surface area contributed by atoms with Crippen molar-refractivity contribution in [2.75, 3.05) is 12.9 Å². The van der Waals surface area contributed by atoms with E-state index in [1.165, 1.54) is 11.8 Å². The number of nitrogens with zero attached hydrogens (tertiary/aromatic N) is 2. The highest BCUT2D eigenvalue weighted by Gasteiger charge is 1.95. The smallest absolute Gasteiger partial charge is 0.384 e. The van der Waals surface area contributed by atoms with Crippen molar-refractivity contribution in [3.63, 3.8) is 0 Å². The molecular weight excluding hydrogens is 212 g/mol. The van der Waals surface area contributed by atoms with Gasteiger partial charge < -0.3 is 4.74 Å². The molecule has 0 aromatic carbocycles. The summed E-state index contributed by atoms with van der Waals surface area (Å²) in [5.41, 5.74) is 0.598. The number of ether oxygens (including phenoxy) is 1. The van der Waals surface area contributed by atoms with E-state index in [1.54, 1.807) is 19.3 Å². The van der Waals surface area contributed by atoms with E-state index >= 15 is 0 Å². The maximum absolute atomic E-state index is 10.9. The Morgan fingerprint density at radius 2 is 2.20 bits per heavy atom. The van der Waals surface area contributed by atoms with Crippen molar-refractivity contribution in [3.8, 4) is 11.8 Å². The van der Waals surface area contributed by atoms with Crippen molar-refractivity contribution < 1.29 is 9.53 Å². The maximum Gasteiger partial charge on any atom is 0.384 e.